The molecule has 0 saturated heterocycles. The predicted octanol–water partition coefficient (Wildman–Crippen LogP) is 4.68. The third-order valence-corrected chi connectivity index (χ3v) is 8.37. The number of aliphatic hydroxyl groups excluding tert-OH is 3. The average molecular weight is 439 g/mol. The van der Waals surface area contributed by atoms with Crippen LogP contribution in [0.3, 0.4) is 0 Å². The van der Waals surface area contributed by atoms with Crippen molar-refractivity contribution in [1.82, 2.24) is 0 Å². The van der Waals surface area contributed by atoms with Crippen LogP contribution in [0, 0.1) is 23.2 Å². The monoisotopic (exact) mass is 438 g/mol. The zero-order valence-corrected chi connectivity index (χ0v) is 19.0. The maximum Gasteiger partial charge on any atom is 0.0849 e. The molecule has 3 aliphatic rings. The van der Waals surface area contributed by atoms with Crippen LogP contribution in [0.4, 0.5) is 0 Å². The van der Waals surface area contributed by atoms with E-state index < -0.39 is 37.6 Å². The average Bonchev–Trinajstić information content (AvgIpc) is 3.14. The molecule has 4 N–H and O–H groups in total. The number of allylic oxidation sites excluding steroid dienone is 3. The standard InChI is InChI=1S/C27H44O4/c1-17(8-13-25(30)26(3,4)31)22-11-12-23-19(7-6-14-27(22,23)5)9-10-20-15-21(28)16-24(29)18(20)2/h9-10,17,21-25,28-31H,2,6-8,11-16H2,1,3-5H3/b19-9-,20-10+/t17?,21-,22?,23+,24+,25-,27-/m1/s1/i3D3,4D3. The maximum absolute atomic E-state index is 10.6. The molecule has 3 fully saturated rings. The number of hydrogen-bond acceptors (Lipinski definition) is 4. The van der Waals surface area contributed by atoms with Crippen molar-refractivity contribution in [3.8, 4) is 0 Å². The smallest absolute Gasteiger partial charge is 0.0849 e. The van der Waals surface area contributed by atoms with E-state index in [2.05, 4.69) is 26.5 Å². The van der Waals surface area contributed by atoms with Gasteiger partial charge in [0.2, 0.25) is 0 Å². The Morgan fingerprint density at radius 3 is 2.71 bits per heavy atom. The van der Waals surface area contributed by atoms with Crippen molar-refractivity contribution < 1.29 is 28.7 Å². The highest BCUT2D eigenvalue weighted by Gasteiger charge is 2.50. The van der Waals surface area contributed by atoms with Crippen molar-refractivity contribution in [1.29, 1.82) is 0 Å². The fourth-order valence-corrected chi connectivity index (χ4v) is 6.51. The first-order chi connectivity index (χ1) is 16.9. The van der Waals surface area contributed by atoms with E-state index in [4.69, 9.17) is 8.22 Å². The van der Waals surface area contributed by atoms with Gasteiger partial charge in [-0.1, -0.05) is 38.2 Å². The molecule has 0 aromatic heterocycles. The highest BCUT2D eigenvalue weighted by Crippen LogP contribution is 2.60. The molecular weight excluding hydrogens is 388 g/mol. The van der Waals surface area contributed by atoms with Crippen molar-refractivity contribution in [3.05, 3.63) is 35.5 Å². The molecule has 0 amide bonds. The van der Waals surface area contributed by atoms with E-state index in [1.54, 1.807) is 0 Å². The molecule has 31 heavy (non-hydrogen) atoms. The third-order valence-electron chi connectivity index (χ3n) is 8.37. The van der Waals surface area contributed by atoms with Crippen LogP contribution < -0.4 is 0 Å². The van der Waals surface area contributed by atoms with E-state index in [1.807, 2.05) is 6.08 Å². The molecule has 3 rings (SSSR count). The number of hydrogen-bond donors (Lipinski definition) is 4. The minimum atomic E-state index is -3.24. The lowest BCUT2D eigenvalue weighted by atomic mass is 9.60. The predicted molar refractivity (Wildman–Crippen MR) is 125 cm³/mol. The Morgan fingerprint density at radius 2 is 2.00 bits per heavy atom. The summed E-state index contributed by atoms with van der Waals surface area (Å²) in [7, 11) is 0. The van der Waals surface area contributed by atoms with Gasteiger partial charge in [0.05, 0.1) is 23.9 Å². The number of aliphatic hydroxyl groups is 4. The molecule has 2 unspecified atom stereocenters. The fraction of sp³-hybridized carbons (Fsp3) is 0.778. The first-order valence-corrected chi connectivity index (χ1v) is 11.8. The Hall–Kier alpha value is -0.940. The number of fused-ring (bicyclic) bond motifs is 1. The Labute approximate surface area is 197 Å². The molecular formula is C27H44O4. The Balaban J connectivity index is 1.73. The van der Waals surface area contributed by atoms with Gasteiger partial charge in [-0.05, 0) is 99.4 Å². The summed E-state index contributed by atoms with van der Waals surface area (Å²) in [6.45, 7) is 1.91. The highest BCUT2D eigenvalue weighted by molar-refractivity contribution is 5.38. The summed E-state index contributed by atoms with van der Waals surface area (Å²) in [5, 5.41) is 41.4. The topological polar surface area (TPSA) is 80.9 Å². The van der Waals surface area contributed by atoms with Crippen LogP contribution in [-0.2, 0) is 0 Å². The van der Waals surface area contributed by atoms with E-state index in [9.17, 15) is 20.4 Å². The van der Waals surface area contributed by atoms with Crippen molar-refractivity contribution in [2.45, 2.75) is 109 Å². The van der Waals surface area contributed by atoms with Crippen LogP contribution in [0.15, 0.2) is 35.5 Å². The second-order valence-electron chi connectivity index (χ2n) is 10.5. The molecule has 0 bridgehead atoms. The summed E-state index contributed by atoms with van der Waals surface area (Å²) >= 11 is 0. The van der Waals surface area contributed by atoms with Crippen LogP contribution >= 0.6 is 0 Å². The van der Waals surface area contributed by atoms with Gasteiger partial charge in [-0.2, -0.15) is 0 Å². The molecule has 0 aromatic rings. The number of rotatable bonds is 6. The first kappa shape index (κ1) is 17.5. The first-order valence-electron chi connectivity index (χ1n) is 14.8. The van der Waals surface area contributed by atoms with E-state index >= 15 is 0 Å². The van der Waals surface area contributed by atoms with E-state index in [1.165, 1.54) is 5.57 Å². The van der Waals surface area contributed by atoms with Crippen LogP contribution in [0.5, 0.6) is 0 Å². The molecule has 0 spiro atoms. The van der Waals surface area contributed by atoms with Gasteiger partial charge in [0, 0.05) is 14.6 Å². The van der Waals surface area contributed by atoms with Crippen molar-refractivity contribution in [2.24, 2.45) is 23.2 Å². The Morgan fingerprint density at radius 1 is 1.26 bits per heavy atom. The summed E-state index contributed by atoms with van der Waals surface area (Å²) < 4.78 is 45.4. The second-order valence-corrected chi connectivity index (χ2v) is 10.5. The molecule has 0 radical (unpaired) electrons. The van der Waals surface area contributed by atoms with Crippen LogP contribution in [-0.4, -0.2) is 44.3 Å². The van der Waals surface area contributed by atoms with Gasteiger partial charge in [0.15, 0.2) is 0 Å². The van der Waals surface area contributed by atoms with Crippen molar-refractivity contribution in [2.75, 3.05) is 0 Å². The minimum Gasteiger partial charge on any atom is -0.393 e. The summed E-state index contributed by atoms with van der Waals surface area (Å²) in [6.07, 6.45) is 7.20. The molecule has 3 aliphatic carbocycles. The van der Waals surface area contributed by atoms with Crippen LogP contribution in [0.2, 0.25) is 0 Å². The molecule has 176 valence electrons. The largest absolute Gasteiger partial charge is 0.393 e. The highest BCUT2D eigenvalue weighted by atomic mass is 16.3. The normalized spacial score (nSPS) is 42.7. The summed E-state index contributed by atoms with van der Waals surface area (Å²) in [5.41, 5.74) is -0.219. The zero-order valence-electron chi connectivity index (χ0n) is 25.0. The van der Waals surface area contributed by atoms with Gasteiger partial charge in [-0.25, -0.2) is 0 Å². The lowest BCUT2D eigenvalue weighted by Crippen LogP contribution is -2.38. The molecule has 0 aliphatic heterocycles. The van der Waals surface area contributed by atoms with E-state index in [0.717, 1.165) is 37.7 Å². The van der Waals surface area contributed by atoms with E-state index in [-0.39, 0.29) is 17.8 Å². The molecule has 0 aromatic carbocycles. The summed E-state index contributed by atoms with van der Waals surface area (Å²) in [4.78, 5) is 0. The van der Waals surface area contributed by atoms with Crippen molar-refractivity contribution >= 4 is 0 Å². The van der Waals surface area contributed by atoms with Gasteiger partial charge >= 0.3 is 0 Å². The maximum atomic E-state index is 10.6. The van der Waals surface area contributed by atoms with Gasteiger partial charge in [-0.3, -0.25) is 0 Å². The summed E-state index contributed by atoms with van der Waals surface area (Å²) in [6, 6.07) is 0. The fourth-order valence-electron chi connectivity index (χ4n) is 6.51. The lowest BCUT2D eigenvalue weighted by molar-refractivity contribution is -0.0554. The second kappa shape index (κ2) is 9.51. The van der Waals surface area contributed by atoms with Crippen LogP contribution in [0.1, 0.15) is 93.6 Å². The molecule has 0 heterocycles. The quantitative estimate of drug-likeness (QED) is 0.486. The third kappa shape index (κ3) is 5.35. The molecule has 4 heteroatoms. The van der Waals surface area contributed by atoms with Gasteiger partial charge in [0.25, 0.3) is 0 Å². The Kier molecular flexibility index (Phi) is 5.37. The van der Waals surface area contributed by atoms with E-state index in [0.29, 0.717) is 36.7 Å². The van der Waals surface area contributed by atoms with Crippen molar-refractivity contribution in [3.63, 3.8) is 0 Å². The zero-order chi connectivity index (χ0) is 28.0. The molecule has 7 atom stereocenters. The summed E-state index contributed by atoms with van der Waals surface area (Å²) in [5.74, 6) is 0.815. The molecule has 4 nitrogen and oxygen atoms in total. The van der Waals surface area contributed by atoms with Gasteiger partial charge < -0.3 is 20.4 Å². The molecule has 3 saturated carbocycles. The van der Waals surface area contributed by atoms with Gasteiger partial charge in [-0.15, -0.1) is 0 Å². The van der Waals surface area contributed by atoms with Crippen LogP contribution in [0.25, 0.3) is 0 Å². The lowest BCUT2D eigenvalue weighted by Gasteiger charge is -2.44. The SMILES string of the molecule is [2H]C([2H])([2H])C(O)([C@H](O)CCC(C)C1CC[C@H]2/C(=C\C=C3/C[C@@H](O)C[C@H](O)C3=C)CCC[C@]12C)C([2H])([2H])[2H]. The Bertz CT molecular complexity index is 894. The van der Waals surface area contributed by atoms with Gasteiger partial charge in [0.1, 0.15) is 0 Å². The minimum absolute atomic E-state index is 0.0277.